The van der Waals surface area contributed by atoms with E-state index in [9.17, 15) is 0 Å². The van der Waals surface area contributed by atoms with Crippen molar-refractivity contribution in [3.05, 3.63) is 11.3 Å². The van der Waals surface area contributed by atoms with Gasteiger partial charge in [0.25, 0.3) is 0 Å². The Kier molecular flexibility index (Phi) is 3.52. The molecule has 3 rings (SSSR count). The zero-order chi connectivity index (χ0) is 13.2. The average molecular weight is 263 g/mol. The van der Waals surface area contributed by atoms with Gasteiger partial charge in [0.1, 0.15) is 12.4 Å². The number of rotatable bonds is 3. The highest BCUT2D eigenvalue weighted by Gasteiger charge is 2.22. The summed E-state index contributed by atoms with van der Waals surface area (Å²) in [5.41, 5.74) is 8.04. The molecule has 2 aliphatic heterocycles. The molecule has 3 heterocycles. The van der Waals surface area contributed by atoms with E-state index in [4.69, 9.17) is 10.5 Å². The minimum atomic E-state index is 0.417. The Hall–Kier alpha value is -1.40. The highest BCUT2D eigenvalue weighted by atomic mass is 16.5. The minimum absolute atomic E-state index is 0.417. The van der Waals surface area contributed by atoms with Gasteiger partial charge in [0, 0.05) is 18.2 Å². The van der Waals surface area contributed by atoms with Gasteiger partial charge in [-0.3, -0.25) is 0 Å². The lowest BCUT2D eigenvalue weighted by Crippen LogP contribution is -2.31. The van der Waals surface area contributed by atoms with E-state index >= 15 is 0 Å². The third-order valence-electron chi connectivity index (χ3n) is 4.02. The molecule has 0 amide bonds. The van der Waals surface area contributed by atoms with Crippen LogP contribution in [0.4, 0.5) is 5.82 Å². The van der Waals surface area contributed by atoms with Crippen molar-refractivity contribution in [1.82, 2.24) is 20.2 Å². The number of likely N-dealkylation sites (N-methyl/N-ethyl adjacent to an activating group) is 1. The van der Waals surface area contributed by atoms with E-state index in [1.54, 1.807) is 0 Å². The number of nitrogens with zero attached hydrogens (tertiary/aromatic N) is 3. The van der Waals surface area contributed by atoms with Gasteiger partial charge in [-0.05, 0) is 39.4 Å². The molecule has 19 heavy (non-hydrogen) atoms. The Morgan fingerprint density at radius 3 is 3.16 bits per heavy atom. The number of hydrogen-bond acceptors (Lipinski definition) is 6. The van der Waals surface area contributed by atoms with E-state index in [0.29, 0.717) is 24.5 Å². The molecule has 0 radical (unpaired) electrons. The Balaban J connectivity index is 1.69. The van der Waals surface area contributed by atoms with Crippen molar-refractivity contribution in [2.45, 2.75) is 31.8 Å². The van der Waals surface area contributed by atoms with Crippen molar-refractivity contribution >= 4 is 5.82 Å². The number of fused-ring (bicyclic) bond motifs is 1. The van der Waals surface area contributed by atoms with Gasteiger partial charge in [0.2, 0.25) is 0 Å². The van der Waals surface area contributed by atoms with Gasteiger partial charge in [-0.1, -0.05) is 0 Å². The molecule has 1 saturated heterocycles. The number of aromatic nitrogens is 2. The van der Waals surface area contributed by atoms with E-state index < -0.39 is 0 Å². The fourth-order valence-electron chi connectivity index (χ4n) is 2.79. The number of anilines is 1. The predicted octanol–water partition coefficient (Wildman–Crippen LogP) is 0.178. The highest BCUT2D eigenvalue weighted by molar-refractivity contribution is 5.44. The molecule has 1 aromatic heterocycles. The average Bonchev–Trinajstić information content (AvgIpc) is 2.82. The molecule has 0 unspecified atom stereocenters. The van der Waals surface area contributed by atoms with Crippen molar-refractivity contribution < 1.29 is 4.74 Å². The number of hydrogen-bond donors (Lipinski definition) is 2. The molecule has 2 aliphatic rings. The maximum atomic E-state index is 5.98. The lowest BCUT2D eigenvalue weighted by molar-refractivity contribution is 0.187. The topological polar surface area (TPSA) is 76.3 Å². The van der Waals surface area contributed by atoms with Gasteiger partial charge in [-0.2, -0.15) is 9.97 Å². The second-order valence-corrected chi connectivity index (χ2v) is 5.33. The van der Waals surface area contributed by atoms with Crippen molar-refractivity contribution in [3.8, 4) is 6.01 Å². The third kappa shape index (κ3) is 2.64. The van der Waals surface area contributed by atoms with Crippen LogP contribution in [0.15, 0.2) is 0 Å². The summed E-state index contributed by atoms with van der Waals surface area (Å²) in [4.78, 5) is 11.1. The standard InChI is InChI=1S/C13H21N5O/c1-18-6-2-3-9(18)8-19-13-16-11-7-15-5-4-10(11)12(14)17-13/h9,15H,2-8H2,1H3,(H2,14,16,17)/t9-/m1/s1. The van der Waals surface area contributed by atoms with E-state index in [2.05, 4.69) is 27.2 Å². The van der Waals surface area contributed by atoms with E-state index in [1.165, 1.54) is 12.8 Å². The smallest absolute Gasteiger partial charge is 0.318 e. The number of nitrogen functional groups attached to an aromatic ring is 1. The first-order valence-electron chi connectivity index (χ1n) is 6.93. The Labute approximate surface area is 113 Å². The Bertz CT molecular complexity index is 465. The van der Waals surface area contributed by atoms with Crippen molar-refractivity contribution in [1.29, 1.82) is 0 Å². The quantitative estimate of drug-likeness (QED) is 0.810. The summed E-state index contributed by atoms with van der Waals surface area (Å²) < 4.78 is 5.74. The van der Waals surface area contributed by atoms with E-state index in [-0.39, 0.29) is 0 Å². The van der Waals surface area contributed by atoms with Gasteiger partial charge in [0.05, 0.1) is 5.69 Å². The summed E-state index contributed by atoms with van der Waals surface area (Å²) in [5, 5.41) is 3.29. The van der Waals surface area contributed by atoms with Crippen LogP contribution in [-0.2, 0) is 13.0 Å². The van der Waals surface area contributed by atoms with Crippen LogP contribution in [-0.4, -0.2) is 47.7 Å². The first-order valence-corrected chi connectivity index (χ1v) is 6.93. The molecule has 0 aliphatic carbocycles. The van der Waals surface area contributed by atoms with Gasteiger partial charge in [0.15, 0.2) is 0 Å². The summed E-state index contributed by atoms with van der Waals surface area (Å²) in [6.07, 6.45) is 3.31. The van der Waals surface area contributed by atoms with Crippen molar-refractivity contribution in [2.24, 2.45) is 0 Å². The molecule has 1 aromatic rings. The van der Waals surface area contributed by atoms with Crippen LogP contribution >= 0.6 is 0 Å². The third-order valence-corrected chi connectivity index (χ3v) is 4.02. The van der Waals surface area contributed by atoms with Crippen LogP contribution in [0.3, 0.4) is 0 Å². The lowest BCUT2D eigenvalue weighted by atomic mass is 10.1. The lowest BCUT2D eigenvalue weighted by Gasteiger charge is -2.21. The van der Waals surface area contributed by atoms with Crippen molar-refractivity contribution in [3.63, 3.8) is 0 Å². The molecule has 0 bridgehead atoms. The fourth-order valence-corrected chi connectivity index (χ4v) is 2.79. The molecule has 104 valence electrons. The van der Waals surface area contributed by atoms with Crippen LogP contribution in [0.1, 0.15) is 24.1 Å². The largest absolute Gasteiger partial charge is 0.462 e. The van der Waals surface area contributed by atoms with Gasteiger partial charge in [-0.25, -0.2) is 0 Å². The van der Waals surface area contributed by atoms with Crippen LogP contribution in [0.5, 0.6) is 6.01 Å². The Morgan fingerprint density at radius 1 is 1.47 bits per heavy atom. The summed E-state index contributed by atoms with van der Waals surface area (Å²) in [6, 6.07) is 0.888. The van der Waals surface area contributed by atoms with Gasteiger partial charge >= 0.3 is 6.01 Å². The predicted molar refractivity (Wildman–Crippen MR) is 73.0 cm³/mol. The normalized spacial score (nSPS) is 23.3. The zero-order valence-electron chi connectivity index (χ0n) is 11.4. The van der Waals surface area contributed by atoms with Crippen LogP contribution < -0.4 is 15.8 Å². The maximum absolute atomic E-state index is 5.98. The van der Waals surface area contributed by atoms with Gasteiger partial charge in [-0.15, -0.1) is 0 Å². The van der Waals surface area contributed by atoms with E-state index in [1.807, 2.05) is 0 Å². The molecular formula is C13H21N5O. The molecule has 3 N–H and O–H groups in total. The monoisotopic (exact) mass is 263 g/mol. The first-order chi connectivity index (χ1) is 9.24. The summed E-state index contributed by atoms with van der Waals surface area (Å²) >= 11 is 0. The fraction of sp³-hybridized carbons (Fsp3) is 0.692. The molecule has 0 spiro atoms. The van der Waals surface area contributed by atoms with E-state index in [0.717, 1.165) is 37.3 Å². The second kappa shape index (κ2) is 5.30. The molecule has 1 atom stereocenters. The van der Waals surface area contributed by atoms with Crippen LogP contribution in [0, 0.1) is 0 Å². The first kappa shape index (κ1) is 12.6. The van der Waals surface area contributed by atoms with Gasteiger partial charge < -0.3 is 20.7 Å². The second-order valence-electron chi connectivity index (χ2n) is 5.33. The SMILES string of the molecule is CN1CCC[C@@H]1COc1nc(N)c2c(n1)CNCC2. The Morgan fingerprint density at radius 2 is 2.37 bits per heavy atom. The number of nitrogens with two attached hydrogens (primary N) is 1. The maximum Gasteiger partial charge on any atom is 0.318 e. The van der Waals surface area contributed by atoms with Crippen LogP contribution in [0.2, 0.25) is 0 Å². The molecule has 0 saturated carbocycles. The zero-order valence-corrected chi connectivity index (χ0v) is 11.4. The minimum Gasteiger partial charge on any atom is -0.462 e. The summed E-state index contributed by atoms with van der Waals surface area (Å²) in [7, 11) is 2.13. The molecule has 6 nitrogen and oxygen atoms in total. The van der Waals surface area contributed by atoms with Crippen LogP contribution in [0.25, 0.3) is 0 Å². The summed E-state index contributed by atoms with van der Waals surface area (Å²) in [6.45, 7) is 3.47. The molecular weight excluding hydrogens is 242 g/mol. The number of nitrogens with one attached hydrogen (secondary N) is 1. The summed E-state index contributed by atoms with van der Waals surface area (Å²) in [5.74, 6) is 0.571. The highest BCUT2D eigenvalue weighted by Crippen LogP contribution is 2.21. The molecule has 0 aromatic carbocycles. The van der Waals surface area contributed by atoms with Crippen molar-refractivity contribution in [2.75, 3.05) is 32.5 Å². The molecule has 1 fully saturated rings. The number of ether oxygens (including phenoxy) is 1. The molecule has 6 heteroatoms. The number of likely N-dealkylation sites (tertiary alicyclic amines) is 1.